The zero-order valence-electron chi connectivity index (χ0n) is 11.4. The van der Waals surface area contributed by atoms with E-state index in [1.807, 2.05) is 6.92 Å². The summed E-state index contributed by atoms with van der Waals surface area (Å²) in [6, 6.07) is 0. The molecule has 3 unspecified atom stereocenters. The van der Waals surface area contributed by atoms with Gasteiger partial charge in [0, 0.05) is 6.54 Å². The summed E-state index contributed by atoms with van der Waals surface area (Å²) in [6.07, 6.45) is 5.81. The van der Waals surface area contributed by atoms with E-state index in [-0.39, 0.29) is 11.8 Å². The second kappa shape index (κ2) is 7.39. The number of amides is 1. The molecule has 0 spiro atoms. The number of carbonyl (C=O) groups excluding carboxylic acids is 1. The van der Waals surface area contributed by atoms with Crippen molar-refractivity contribution in [3.8, 4) is 0 Å². The van der Waals surface area contributed by atoms with Crippen molar-refractivity contribution in [2.24, 2.45) is 17.8 Å². The van der Waals surface area contributed by atoms with E-state index in [1.54, 1.807) is 0 Å². The Bertz CT molecular complexity index is 291. The van der Waals surface area contributed by atoms with Gasteiger partial charge in [0.1, 0.15) is 0 Å². The van der Waals surface area contributed by atoms with E-state index in [9.17, 15) is 9.59 Å². The molecule has 0 heterocycles. The lowest BCUT2D eigenvalue weighted by Gasteiger charge is -2.15. The van der Waals surface area contributed by atoms with E-state index in [2.05, 4.69) is 12.2 Å². The van der Waals surface area contributed by atoms with Crippen molar-refractivity contribution in [1.82, 2.24) is 5.32 Å². The summed E-state index contributed by atoms with van der Waals surface area (Å²) < 4.78 is 0. The molecule has 1 aliphatic rings. The minimum atomic E-state index is -0.828. The minimum Gasteiger partial charge on any atom is -0.481 e. The van der Waals surface area contributed by atoms with Gasteiger partial charge >= 0.3 is 5.97 Å². The number of carboxylic acids is 1. The van der Waals surface area contributed by atoms with Crippen molar-refractivity contribution in [1.29, 1.82) is 0 Å². The molecule has 4 nitrogen and oxygen atoms in total. The van der Waals surface area contributed by atoms with E-state index >= 15 is 0 Å². The third-order valence-electron chi connectivity index (χ3n) is 3.78. The molecule has 0 aliphatic heterocycles. The van der Waals surface area contributed by atoms with Crippen LogP contribution in [-0.2, 0) is 9.59 Å². The van der Waals surface area contributed by atoms with E-state index in [4.69, 9.17) is 5.11 Å². The van der Waals surface area contributed by atoms with Crippen LogP contribution in [0.5, 0.6) is 0 Å². The fraction of sp³-hybridized carbons (Fsp3) is 0.857. The Morgan fingerprint density at radius 2 is 1.83 bits per heavy atom. The van der Waals surface area contributed by atoms with E-state index in [0.717, 1.165) is 12.8 Å². The first-order valence-electron chi connectivity index (χ1n) is 7.06. The van der Waals surface area contributed by atoms with Gasteiger partial charge in [-0.05, 0) is 25.2 Å². The van der Waals surface area contributed by atoms with Gasteiger partial charge in [0.05, 0.1) is 11.8 Å². The summed E-state index contributed by atoms with van der Waals surface area (Å²) in [5, 5.41) is 12.0. The van der Waals surface area contributed by atoms with Crippen molar-refractivity contribution >= 4 is 11.9 Å². The number of carbonyl (C=O) groups is 2. The molecule has 1 amide bonds. The average Bonchev–Trinajstić information content (AvgIpc) is 2.71. The normalized spacial score (nSPS) is 27.1. The van der Waals surface area contributed by atoms with Crippen molar-refractivity contribution in [2.45, 2.75) is 52.4 Å². The van der Waals surface area contributed by atoms with Crippen LogP contribution in [0, 0.1) is 17.8 Å². The second-order valence-electron chi connectivity index (χ2n) is 5.48. The largest absolute Gasteiger partial charge is 0.481 e. The third kappa shape index (κ3) is 4.31. The fourth-order valence-electron chi connectivity index (χ4n) is 2.75. The molecule has 1 rings (SSSR count). The minimum absolute atomic E-state index is 0.0664. The summed E-state index contributed by atoms with van der Waals surface area (Å²) >= 11 is 0. The number of hydrogen-bond donors (Lipinski definition) is 2. The van der Waals surface area contributed by atoms with E-state index < -0.39 is 11.9 Å². The van der Waals surface area contributed by atoms with Crippen LogP contribution in [-0.4, -0.2) is 23.5 Å². The van der Waals surface area contributed by atoms with Crippen LogP contribution in [0.25, 0.3) is 0 Å². The monoisotopic (exact) mass is 255 g/mol. The summed E-state index contributed by atoms with van der Waals surface area (Å²) in [6.45, 7) is 4.84. The quantitative estimate of drug-likeness (QED) is 0.687. The number of nitrogens with one attached hydrogen (secondary N) is 1. The molecule has 1 saturated carbocycles. The number of unbranched alkanes of at least 4 members (excludes halogenated alkanes) is 3. The lowest BCUT2D eigenvalue weighted by atomic mass is 9.95. The summed E-state index contributed by atoms with van der Waals surface area (Å²) in [5.74, 6) is -1.38. The summed E-state index contributed by atoms with van der Waals surface area (Å²) in [4.78, 5) is 23.1. The SMILES string of the molecule is CCCCCCNC(=O)C1CC(C)CC1C(=O)O. The van der Waals surface area contributed by atoms with Crippen molar-refractivity contribution in [3.63, 3.8) is 0 Å². The molecule has 1 aliphatic carbocycles. The molecule has 0 aromatic carbocycles. The molecule has 2 N–H and O–H groups in total. The van der Waals surface area contributed by atoms with Crippen molar-refractivity contribution in [3.05, 3.63) is 0 Å². The van der Waals surface area contributed by atoms with Gasteiger partial charge in [-0.1, -0.05) is 33.1 Å². The number of aliphatic carboxylic acids is 1. The molecular weight excluding hydrogens is 230 g/mol. The first kappa shape index (κ1) is 15.0. The predicted octanol–water partition coefficient (Wildman–Crippen LogP) is 2.43. The molecule has 0 aromatic heterocycles. The Kier molecular flexibility index (Phi) is 6.16. The highest BCUT2D eigenvalue weighted by Gasteiger charge is 2.40. The topological polar surface area (TPSA) is 66.4 Å². The first-order valence-corrected chi connectivity index (χ1v) is 7.06. The van der Waals surface area contributed by atoms with Gasteiger partial charge < -0.3 is 10.4 Å². The Labute approximate surface area is 109 Å². The Hall–Kier alpha value is -1.06. The highest BCUT2D eigenvalue weighted by molar-refractivity contribution is 5.85. The molecule has 0 saturated heterocycles. The van der Waals surface area contributed by atoms with Crippen LogP contribution < -0.4 is 5.32 Å². The van der Waals surface area contributed by atoms with Gasteiger partial charge in [-0.2, -0.15) is 0 Å². The van der Waals surface area contributed by atoms with Gasteiger partial charge in [0.15, 0.2) is 0 Å². The molecular formula is C14H25NO3. The lowest BCUT2D eigenvalue weighted by molar-refractivity contribution is -0.146. The molecule has 4 heteroatoms. The van der Waals surface area contributed by atoms with Crippen molar-refractivity contribution < 1.29 is 14.7 Å². The Morgan fingerprint density at radius 1 is 1.17 bits per heavy atom. The van der Waals surface area contributed by atoms with Crippen molar-refractivity contribution in [2.75, 3.05) is 6.54 Å². The van der Waals surface area contributed by atoms with E-state index in [1.165, 1.54) is 12.8 Å². The van der Waals surface area contributed by atoms with Gasteiger partial charge in [-0.25, -0.2) is 0 Å². The Morgan fingerprint density at radius 3 is 2.44 bits per heavy atom. The predicted molar refractivity (Wildman–Crippen MR) is 70.2 cm³/mol. The third-order valence-corrected chi connectivity index (χ3v) is 3.78. The number of hydrogen-bond acceptors (Lipinski definition) is 2. The van der Waals surface area contributed by atoms with Crippen LogP contribution in [0.2, 0.25) is 0 Å². The molecule has 0 bridgehead atoms. The maximum Gasteiger partial charge on any atom is 0.307 e. The van der Waals surface area contributed by atoms with Gasteiger partial charge in [0.25, 0.3) is 0 Å². The summed E-state index contributed by atoms with van der Waals surface area (Å²) in [5.41, 5.74) is 0. The van der Waals surface area contributed by atoms with E-state index in [0.29, 0.717) is 25.3 Å². The van der Waals surface area contributed by atoms with Crippen LogP contribution in [0.15, 0.2) is 0 Å². The van der Waals surface area contributed by atoms with Gasteiger partial charge in [-0.3, -0.25) is 9.59 Å². The van der Waals surface area contributed by atoms with Crippen LogP contribution >= 0.6 is 0 Å². The smallest absolute Gasteiger partial charge is 0.307 e. The lowest BCUT2D eigenvalue weighted by Crippen LogP contribution is -2.35. The molecule has 1 fully saturated rings. The zero-order chi connectivity index (χ0) is 13.5. The standard InChI is InChI=1S/C14H25NO3/c1-3-4-5-6-7-15-13(16)11-8-10(2)9-12(11)14(17)18/h10-12H,3-9H2,1-2H3,(H,15,16)(H,17,18). The maximum absolute atomic E-state index is 12.0. The molecule has 104 valence electrons. The van der Waals surface area contributed by atoms with Gasteiger partial charge in [0.2, 0.25) is 5.91 Å². The molecule has 3 atom stereocenters. The van der Waals surface area contributed by atoms with Gasteiger partial charge in [-0.15, -0.1) is 0 Å². The fourth-order valence-corrected chi connectivity index (χ4v) is 2.75. The highest BCUT2D eigenvalue weighted by atomic mass is 16.4. The summed E-state index contributed by atoms with van der Waals surface area (Å²) in [7, 11) is 0. The average molecular weight is 255 g/mol. The highest BCUT2D eigenvalue weighted by Crippen LogP contribution is 2.36. The maximum atomic E-state index is 12.0. The molecule has 0 aromatic rings. The first-order chi connectivity index (χ1) is 8.56. The Balaban J connectivity index is 2.33. The number of rotatable bonds is 7. The second-order valence-corrected chi connectivity index (χ2v) is 5.48. The van der Waals surface area contributed by atoms with Crippen LogP contribution in [0.4, 0.5) is 0 Å². The molecule has 18 heavy (non-hydrogen) atoms. The zero-order valence-corrected chi connectivity index (χ0v) is 11.4. The van der Waals surface area contributed by atoms with Crippen LogP contribution in [0.3, 0.4) is 0 Å². The molecule has 0 radical (unpaired) electrons. The number of carboxylic acid groups (broad SMARTS) is 1. The van der Waals surface area contributed by atoms with Crippen LogP contribution in [0.1, 0.15) is 52.4 Å².